The maximum absolute atomic E-state index is 14.0. The van der Waals surface area contributed by atoms with Crippen molar-refractivity contribution in [2.45, 2.75) is 90.4 Å². The maximum Gasteiger partial charge on any atom is 0.416 e. The van der Waals surface area contributed by atoms with Crippen molar-refractivity contribution in [3.05, 3.63) is 42.2 Å². The van der Waals surface area contributed by atoms with E-state index >= 15 is 0 Å². The van der Waals surface area contributed by atoms with E-state index in [0.29, 0.717) is 49.5 Å². The van der Waals surface area contributed by atoms with Crippen LogP contribution in [0.4, 0.5) is 25.1 Å². The molecular formula is C31H40F2N6O7S. The standard InChI is InChI=1S/C31H40F2N6O7S/c1-18(46-47(5,42)43)20-8-10-22(11-9-20)39-16-23(26(37-39)27(32)33)35-28(40)24-17-44-29(36-24)21-12-13-34-25(14-21)38(15-19-6-7-19)30(41)45-31(2,3)4/h12-14,16-20,22,27H,6-11,15H2,1-5H3,(H,35,40). The van der Waals surface area contributed by atoms with Crippen LogP contribution >= 0.6 is 0 Å². The molecule has 256 valence electrons. The fourth-order valence-electron chi connectivity index (χ4n) is 5.57. The number of carbonyl (C=O) groups excluding carboxylic acids is 2. The molecule has 2 fully saturated rings. The van der Waals surface area contributed by atoms with Crippen LogP contribution < -0.4 is 10.2 Å². The van der Waals surface area contributed by atoms with Crippen molar-refractivity contribution < 1.29 is 40.1 Å². The third-order valence-corrected chi connectivity index (χ3v) is 8.73. The fourth-order valence-corrected chi connectivity index (χ4v) is 6.28. The van der Waals surface area contributed by atoms with E-state index in [9.17, 15) is 26.8 Å². The molecule has 1 unspecified atom stereocenters. The van der Waals surface area contributed by atoms with Gasteiger partial charge in [-0.1, -0.05) is 0 Å². The molecule has 3 heterocycles. The topological polar surface area (TPSA) is 159 Å². The molecule has 16 heteroatoms. The van der Waals surface area contributed by atoms with Gasteiger partial charge in [-0.2, -0.15) is 13.5 Å². The Kier molecular flexibility index (Phi) is 10.0. The molecule has 2 saturated carbocycles. The molecule has 0 saturated heterocycles. The third-order valence-electron chi connectivity index (χ3n) is 8.08. The van der Waals surface area contributed by atoms with E-state index in [1.807, 2.05) is 0 Å². The zero-order chi connectivity index (χ0) is 34.1. The number of hydrogen-bond donors (Lipinski definition) is 1. The van der Waals surface area contributed by atoms with E-state index in [-0.39, 0.29) is 29.2 Å². The Morgan fingerprint density at radius 1 is 1.17 bits per heavy atom. The van der Waals surface area contributed by atoms with Gasteiger partial charge in [0.25, 0.3) is 22.5 Å². The van der Waals surface area contributed by atoms with Crippen molar-refractivity contribution in [2.24, 2.45) is 11.8 Å². The van der Waals surface area contributed by atoms with Crippen LogP contribution in [0.2, 0.25) is 0 Å². The number of hydrogen-bond acceptors (Lipinski definition) is 10. The van der Waals surface area contributed by atoms with Crippen LogP contribution in [0, 0.1) is 11.8 Å². The summed E-state index contributed by atoms with van der Waals surface area (Å²) in [6.45, 7) is 7.51. The number of anilines is 2. The minimum absolute atomic E-state index is 0.00157. The minimum Gasteiger partial charge on any atom is -0.444 e. The van der Waals surface area contributed by atoms with Crippen LogP contribution in [0.25, 0.3) is 11.5 Å². The quantitative estimate of drug-likeness (QED) is 0.226. The molecular weight excluding hydrogens is 638 g/mol. The van der Waals surface area contributed by atoms with Crippen molar-refractivity contribution >= 4 is 33.6 Å². The predicted molar refractivity (Wildman–Crippen MR) is 168 cm³/mol. The van der Waals surface area contributed by atoms with Gasteiger partial charge in [0.05, 0.1) is 24.1 Å². The zero-order valence-corrected chi connectivity index (χ0v) is 27.8. The summed E-state index contributed by atoms with van der Waals surface area (Å²) in [5.41, 5.74) is -1.11. The number of nitrogens with zero attached hydrogens (tertiary/aromatic N) is 5. The molecule has 5 rings (SSSR count). The van der Waals surface area contributed by atoms with Gasteiger partial charge in [-0.25, -0.2) is 23.5 Å². The molecule has 0 bridgehead atoms. The highest BCUT2D eigenvalue weighted by Crippen LogP contribution is 2.37. The first kappa shape index (κ1) is 34.4. The second-order valence-corrected chi connectivity index (χ2v) is 14.8. The van der Waals surface area contributed by atoms with Gasteiger partial charge >= 0.3 is 6.09 Å². The SMILES string of the molecule is CC(OS(C)(=O)=O)C1CCC(n2cc(NC(=O)c3coc(-c4ccnc(N(CC5CC5)C(=O)OC(C)(C)C)c4)n3)c(C(F)F)n2)CC1. The molecule has 1 atom stereocenters. The van der Waals surface area contributed by atoms with Crippen molar-refractivity contribution in [3.8, 4) is 11.5 Å². The second-order valence-electron chi connectivity index (χ2n) is 13.2. The number of aromatic nitrogens is 4. The van der Waals surface area contributed by atoms with Gasteiger partial charge in [-0.05, 0) is 90.2 Å². The minimum atomic E-state index is -3.59. The van der Waals surface area contributed by atoms with Crippen LogP contribution in [0.1, 0.15) is 94.9 Å². The number of alkyl halides is 2. The first-order valence-corrected chi connectivity index (χ1v) is 17.4. The number of rotatable bonds is 11. The predicted octanol–water partition coefficient (Wildman–Crippen LogP) is 6.37. The largest absolute Gasteiger partial charge is 0.444 e. The average Bonchev–Trinajstić information content (AvgIpc) is 3.49. The monoisotopic (exact) mass is 678 g/mol. The maximum atomic E-state index is 14.0. The first-order valence-electron chi connectivity index (χ1n) is 15.6. The Balaban J connectivity index is 1.27. The fraction of sp³-hybridized carbons (Fsp3) is 0.581. The van der Waals surface area contributed by atoms with Crippen molar-refractivity contribution in [1.82, 2.24) is 19.7 Å². The van der Waals surface area contributed by atoms with Gasteiger partial charge in [-0.15, -0.1) is 0 Å². The average molecular weight is 679 g/mol. The molecule has 47 heavy (non-hydrogen) atoms. The molecule has 2 aliphatic carbocycles. The van der Waals surface area contributed by atoms with Gasteiger partial charge in [0.1, 0.15) is 17.7 Å². The highest BCUT2D eigenvalue weighted by atomic mass is 32.2. The summed E-state index contributed by atoms with van der Waals surface area (Å²) in [6, 6.07) is 3.02. The van der Waals surface area contributed by atoms with Crippen LogP contribution in [-0.2, 0) is 19.0 Å². The zero-order valence-electron chi connectivity index (χ0n) is 27.0. The number of pyridine rings is 1. The van der Waals surface area contributed by atoms with E-state index in [1.165, 1.54) is 22.0 Å². The van der Waals surface area contributed by atoms with E-state index < -0.39 is 45.9 Å². The number of ether oxygens (including phenoxy) is 1. The Labute approximate surface area is 272 Å². The van der Waals surface area contributed by atoms with E-state index in [0.717, 1.165) is 25.4 Å². The summed E-state index contributed by atoms with van der Waals surface area (Å²) in [5, 5.41) is 6.57. The van der Waals surface area contributed by atoms with Crippen LogP contribution in [-0.4, -0.2) is 64.7 Å². The van der Waals surface area contributed by atoms with Crippen molar-refractivity contribution in [2.75, 3.05) is 23.0 Å². The molecule has 13 nitrogen and oxygen atoms in total. The number of carbonyl (C=O) groups is 2. The lowest BCUT2D eigenvalue weighted by Crippen LogP contribution is -2.38. The second kappa shape index (κ2) is 13.7. The first-order chi connectivity index (χ1) is 22.1. The summed E-state index contributed by atoms with van der Waals surface area (Å²) in [5.74, 6) is 0.00277. The molecule has 1 N–H and O–H groups in total. The lowest BCUT2D eigenvalue weighted by molar-refractivity contribution is 0.0577. The Morgan fingerprint density at radius 3 is 2.49 bits per heavy atom. The van der Waals surface area contributed by atoms with Crippen LogP contribution in [0.5, 0.6) is 0 Å². The summed E-state index contributed by atoms with van der Waals surface area (Å²) in [7, 11) is -3.59. The number of amides is 2. The van der Waals surface area contributed by atoms with Gasteiger partial charge in [0.2, 0.25) is 5.89 Å². The summed E-state index contributed by atoms with van der Waals surface area (Å²) in [4.78, 5) is 36.2. The van der Waals surface area contributed by atoms with Gasteiger partial charge in [-0.3, -0.25) is 18.6 Å². The highest BCUT2D eigenvalue weighted by Gasteiger charge is 2.33. The summed E-state index contributed by atoms with van der Waals surface area (Å²) in [6.07, 6.45) is 5.45. The van der Waals surface area contributed by atoms with Crippen molar-refractivity contribution in [1.29, 1.82) is 0 Å². The van der Waals surface area contributed by atoms with Gasteiger partial charge in [0, 0.05) is 24.5 Å². The Hall–Kier alpha value is -3.92. The summed E-state index contributed by atoms with van der Waals surface area (Å²) < 4.78 is 68.6. The highest BCUT2D eigenvalue weighted by molar-refractivity contribution is 7.86. The molecule has 3 aromatic heterocycles. The third kappa shape index (κ3) is 9.12. The molecule has 0 aliphatic heterocycles. The lowest BCUT2D eigenvalue weighted by Gasteiger charge is -2.31. The normalized spacial score (nSPS) is 19.4. The molecule has 2 amide bonds. The molecule has 2 aliphatic rings. The molecule has 3 aromatic rings. The number of halogens is 2. The van der Waals surface area contributed by atoms with Gasteiger partial charge in [0.15, 0.2) is 11.4 Å². The number of nitrogens with one attached hydrogen (secondary N) is 1. The van der Waals surface area contributed by atoms with E-state index in [2.05, 4.69) is 20.4 Å². The molecule has 0 radical (unpaired) electrons. The van der Waals surface area contributed by atoms with Gasteiger partial charge < -0.3 is 14.5 Å². The van der Waals surface area contributed by atoms with Crippen molar-refractivity contribution in [3.63, 3.8) is 0 Å². The Morgan fingerprint density at radius 2 is 1.87 bits per heavy atom. The van der Waals surface area contributed by atoms with Crippen LogP contribution in [0.15, 0.2) is 35.2 Å². The summed E-state index contributed by atoms with van der Waals surface area (Å²) >= 11 is 0. The van der Waals surface area contributed by atoms with E-state index in [4.69, 9.17) is 13.3 Å². The smallest absolute Gasteiger partial charge is 0.416 e. The van der Waals surface area contributed by atoms with Crippen LogP contribution in [0.3, 0.4) is 0 Å². The molecule has 0 spiro atoms. The molecule has 0 aromatic carbocycles. The number of oxazole rings is 1. The lowest BCUT2D eigenvalue weighted by atomic mass is 9.83. The van der Waals surface area contributed by atoms with E-state index in [1.54, 1.807) is 39.8 Å². The Bertz CT molecular complexity index is 1690.